The third-order valence-corrected chi connectivity index (χ3v) is 2.71. The normalized spacial score (nSPS) is 13.1. The molecular weight excluding hydrogens is 241 g/mol. The van der Waals surface area contributed by atoms with Gasteiger partial charge >= 0.3 is 0 Å². The van der Waals surface area contributed by atoms with Gasteiger partial charge in [-0.05, 0) is 51.7 Å². The molecule has 18 heavy (non-hydrogen) atoms. The van der Waals surface area contributed by atoms with Crippen molar-refractivity contribution in [3.63, 3.8) is 0 Å². The Morgan fingerprint density at radius 1 is 1.17 bits per heavy atom. The molecule has 0 spiro atoms. The molecule has 0 amide bonds. The van der Waals surface area contributed by atoms with Crippen molar-refractivity contribution in [1.29, 1.82) is 0 Å². The van der Waals surface area contributed by atoms with Crippen molar-refractivity contribution < 1.29 is 13.2 Å². The average Bonchev–Trinajstić information content (AvgIpc) is 2.30. The smallest absolute Gasteiger partial charge is 0.194 e. The van der Waals surface area contributed by atoms with Gasteiger partial charge in [-0.2, -0.15) is 0 Å². The highest BCUT2D eigenvalue weighted by Gasteiger charge is 2.11. The van der Waals surface area contributed by atoms with Crippen LogP contribution in [0.25, 0.3) is 0 Å². The summed E-state index contributed by atoms with van der Waals surface area (Å²) < 4.78 is 38.7. The van der Waals surface area contributed by atoms with Crippen molar-refractivity contribution in [2.24, 2.45) is 0 Å². The Bertz CT molecular complexity index is 371. The Morgan fingerprint density at radius 3 is 2.22 bits per heavy atom. The van der Waals surface area contributed by atoms with E-state index in [1.807, 2.05) is 21.0 Å². The van der Waals surface area contributed by atoms with E-state index in [-0.39, 0.29) is 6.04 Å². The number of benzene rings is 1. The standard InChI is InChI=1S/C13H19F3N2/c1-9(4-5-18(2)3)17-8-10-6-11(14)13(16)12(15)7-10/h6-7,9,17H,4-5,8H2,1-3H3. The summed E-state index contributed by atoms with van der Waals surface area (Å²) in [5.74, 6) is -3.71. The Kier molecular flexibility index (Phi) is 5.62. The van der Waals surface area contributed by atoms with Gasteiger partial charge in [-0.3, -0.25) is 0 Å². The molecule has 0 saturated heterocycles. The summed E-state index contributed by atoms with van der Waals surface area (Å²) in [5, 5.41) is 3.15. The highest BCUT2D eigenvalue weighted by Crippen LogP contribution is 2.13. The van der Waals surface area contributed by atoms with Crippen LogP contribution in [0.5, 0.6) is 0 Å². The van der Waals surface area contributed by atoms with E-state index in [1.54, 1.807) is 0 Å². The molecule has 0 aliphatic heterocycles. The lowest BCUT2D eigenvalue weighted by molar-refractivity contribution is 0.365. The molecule has 1 rings (SSSR count). The lowest BCUT2D eigenvalue weighted by atomic mass is 10.1. The maximum absolute atomic E-state index is 13.0. The van der Waals surface area contributed by atoms with Crippen molar-refractivity contribution in [1.82, 2.24) is 10.2 Å². The zero-order valence-corrected chi connectivity index (χ0v) is 10.9. The predicted octanol–water partition coefficient (Wildman–Crippen LogP) is 2.53. The third kappa shape index (κ3) is 4.66. The third-order valence-electron chi connectivity index (χ3n) is 2.71. The quantitative estimate of drug-likeness (QED) is 0.791. The molecule has 0 aliphatic rings. The van der Waals surface area contributed by atoms with E-state index < -0.39 is 17.5 Å². The summed E-state index contributed by atoms with van der Waals surface area (Å²) in [5.41, 5.74) is 0.406. The van der Waals surface area contributed by atoms with Crippen LogP contribution in [-0.2, 0) is 6.54 Å². The molecular formula is C13H19F3N2. The molecule has 1 unspecified atom stereocenters. The van der Waals surface area contributed by atoms with Gasteiger partial charge in [-0.15, -0.1) is 0 Å². The molecule has 0 radical (unpaired) electrons. The van der Waals surface area contributed by atoms with E-state index in [1.165, 1.54) is 0 Å². The summed E-state index contributed by atoms with van der Waals surface area (Å²) in [7, 11) is 3.97. The number of rotatable bonds is 6. The van der Waals surface area contributed by atoms with Gasteiger partial charge in [-0.1, -0.05) is 0 Å². The first-order valence-corrected chi connectivity index (χ1v) is 5.91. The second kappa shape index (κ2) is 6.75. The van der Waals surface area contributed by atoms with Gasteiger partial charge in [0.05, 0.1) is 0 Å². The molecule has 102 valence electrons. The van der Waals surface area contributed by atoms with Gasteiger partial charge in [-0.25, -0.2) is 13.2 Å². The first-order chi connectivity index (χ1) is 8.40. The molecule has 0 saturated carbocycles. The average molecular weight is 260 g/mol. The highest BCUT2D eigenvalue weighted by molar-refractivity contribution is 5.19. The molecule has 1 atom stereocenters. The van der Waals surface area contributed by atoms with Gasteiger partial charge in [0.25, 0.3) is 0 Å². The van der Waals surface area contributed by atoms with Gasteiger partial charge in [0.15, 0.2) is 17.5 Å². The van der Waals surface area contributed by atoms with E-state index in [4.69, 9.17) is 0 Å². The largest absolute Gasteiger partial charge is 0.310 e. The molecule has 0 fully saturated rings. The first kappa shape index (κ1) is 15.0. The number of nitrogens with one attached hydrogen (secondary N) is 1. The van der Waals surface area contributed by atoms with Gasteiger partial charge < -0.3 is 10.2 Å². The Labute approximate surface area is 106 Å². The second-order valence-electron chi connectivity index (χ2n) is 4.75. The van der Waals surface area contributed by atoms with E-state index in [0.717, 1.165) is 25.1 Å². The first-order valence-electron chi connectivity index (χ1n) is 5.91. The summed E-state index contributed by atoms with van der Waals surface area (Å²) in [6, 6.07) is 2.26. The molecule has 2 nitrogen and oxygen atoms in total. The van der Waals surface area contributed by atoms with Crippen LogP contribution in [0.15, 0.2) is 12.1 Å². The molecule has 1 aromatic carbocycles. The minimum Gasteiger partial charge on any atom is -0.310 e. The van der Waals surface area contributed by atoms with Crippen molar-refractivity contribution >= 4 is 0 Å². The van der Waals surface area contributed by atoms with Crippen molar-refractivity contribution in [3.8, 4) is 0 Å². The summed E-state index contributed by atoms with van der Waals surface area (Å²) in [4.78, 5) is 2.06. The summed E-state index contributed by atoms with van der Waals surface area (Å²) in [6.07, 6.45) is 0.930. The van der Waals surface area contributed by atoms with Gasteiger partial charge in [0.1, 0.15) is 0 Å². The SMILES string of the molecule is CC(CCN(C)C)NCc1cc(F)c(F)c(F)c1. The fourth-order valence-electron chi connectivity index (χ4n) is 1.56. The van der Waals surface area contributed by atoms with Crippen LogP contribution in [0.4, 0.5) is 13.2 Å². The van der Waals surface area contributed by atoms with Crippen LogP contribution in [0.2, 0.25) is 0 Å². The van der Waals surface area contributed by atoms with Crippen LogP contribution in [0.3, 0.4) is 0 Å². The maximum Gasteiger partial charge on any atom is 0.194 e. The zero-order chi connectivity index (χ0) is 13.7. The Morgan fingerprint density at radius 2 is 1.72 bits per heavy atom. The molecule has 1 N–H and O–H groups in total. The molecule has 0 heterocycles. The van der Waals surface area contributed by atoms with Gasteiger partial charge in [0, 0.05) is 12.6 Å². The van der Waals surface area contributed by atoms with Crippen LogP contribution >= 0.6 is 0 Å². The van der Waals surface area contributed by atoms with Crippen molar-refractivity contribution in [2.45, 2.75) is 25.9 Å². The van der Waals surface area contributed by atoms with Crippen molar-refractivity contribution in [2.75, 3.05) is 20.6 Å². The minimum absolute atomic E-state index is 0.226. The number of halogens is 3. The monoisotopic (exact) mass is 260 g/mol. The summed E-state index contributed by atoms with van der Waals surface area (Å²) >= 11 is 0. The van der Waals surface area contributed by atoms with Crippen LogP contribution < -0.4 is 5.32 Å². The maximum atomic E-state index is 13.0. The van der Waals surface area contributed by atoms with Crippen LogP contribution in [0.1, 0.15) is 18.9 Å². The summed E-state index contributed by atoms with van der Waals surface area (Å²) in [6.45, 7) is 3.25. The topological polar surface area (TPSA) is 15.3 Å². The number of nitrogens with zero attached hydrogens (tertiary/aromatic N) is 1. The van der Waals surface area contributed by atoms with Crippen LogP contribution in [0, 0.1) is 17.5 Å². The van der Waals surface area contributed by atoms with Gasteiger partial charge in [0.2, 0.25) is 0 Å². The van der Waals surface area contributed by atoms with E-state index in [2.05, 4.69) is 10.2 Å². The fourth-order valence-corrected chi connectivity index (χ4v) is 1.56. The van der Waals surface area contributed by atoms with E-state index in [9.17, 15) is 13.2 Å². The van der Waals surface area contributed by atoms with Crippen molar-refractivity contribution in [3.05, 3.63) is 35.1 Å². The Balaban J connectivity index is 2.48. The van der Waals surface area contributed by atoms with Crippen LogP contribution in [-0.4, -0.2) is 31.6 Å². The molecule has 1 aromatic rings. The van der Waals surface area contributed by atoms with E-state index in [0.29, 0.717) is 12.1 Å². The lowest BCUT2D eigenvalue weighted by Gasteiger charge is -2.16. The lowest BCUT2D eigenvalue weighted by Crippen LogP contribution is -2.29. The molecule has 0 bridgehead atoms. The zero-order valence-electron chi connectivity index (χ0n) is 10.9. The predicted molar refractivity (Wildman–Crippen MR) is 65.8 cm³/mol. The highest BCUT2D eigenvalue weighted by atomic mass is 19.2. The van der Waals surface area contributed by atoms with E-state index >= 15 is 0 Å². The molecule has 5 heteroatoms. The number of hydrogen-bond acceptors (Lipinski definition) is 2. The molecule has 0 aromatic heterocycles. The molecule has 0 aliphatic carbocycles. The Hall–Kier alpha value is -1.07. The fraction of sp³-hybridized carbons (Fsp3) is 0.538. The second-order valence-corrected chi connectivity index (χ2v) is 4.75. The number of hydrogen-bond donors (Lipinski definition) is 1. The minimum atomic E-state index is -1.42.